The average molecular weight is 373 g/mol. The molecule has 1 aromatic carbocycles. The molecule has 0 aliphatic heterocycles. The van der Waals surface area contributed by atoms with Gasteiger partial charge < -0.3 is 21.1 Å². The summed E-state index contributed by atoms with van der Waals surface area (Å²) in [6, 6.07) is 5.57. The summed E-state index contributed by atoms with van der Waals surface area (Å²) in [5.74, 6) is 1.13. The minimum absolute atomic E-state index is 0.0806. The predicted molar refractivity (Wildman–Crippen MR) is 101 cm³/mol. The lowest BCUT2D eigenvalue weighted by Gasteiger charge is -2.29. The van der Waals surface area contributed by atoms with Crippen molar-refractivity contribution in [3.05, 3.63) is 29.8 Å². The molecule has 0 heterocycles. The van der Waals surface area contributed by atoms with Crippen molar-refractivity contribution in [3.8, 4) is 0 Å². The van der Waals surface area contributed by atoms with E-state index in [4.69, 9.17) is 10.5 Å². The van der Waals surface area contributed by atoms with E-state index in [1.54, 1.807) is 25.1 Å². The van der Waals surface area contributed by atoms with Crippen molar-refractivity contribution in [2.75, 3.05) is 5.32 Å². The zero-order valence-corrected chi connectivity index (χ0v) is 15.7. The third-order valence-corrected chi connectivity index (χ3v) is 5.82. The summed E-state index contributed by atoms with van der Waals surface area (Å²) in [4.78, 5) is 35.6. The highest BCUT2D eigenvalue weighted by Crippen LogP contribution is 2.49. The molecular formula is C20H27N3O4. The summed E-state index contributed by atoms with van der Waals surface area (Å²) in [7, 11) is 0. The van der Waals surface area contributed by atoms with Crippen molar-refractivity contribution in [2.24, 2.45) is 23.5 Å². The summed E-state index contributed by atoms with van der Waals surface area (Å²) in [5, 5.41) is 5.41. The Balaban J connectivity index is 1.53. The highest BCUT2D eigenvalue weighted by atomic mass is 16.5. The molecule has 4 N–H and O–H groups in total. The van der Waals surface area contributed by atoms with Crippen molar-refractivity contribution in [1.82, 2.24) is 5.32 Å². The molecule has 2 saturated carbocycles. The van der Waals surface area contributed by atoms with E-state index in [1.165, 1.54) is 31.7 Å². The summed E-state index contributed by atoms with van der Waals surface area (Å²) in [6.45, 7) is 3.60. The van der Waals surface area contributed by atoms with Crippen molar-refractivity contribution >= 4 is 23.6 Å². The van der Waals surface area contributed by atoms with Crippen LogP contribution < -0.4 is 16.4 Å². The van der Waals surface area contributed by atoms with E-state index in [0.717, 1.165) is 5.92 Å². The second-order valence-corrected chi connectivity index (χ2v) is 7.75. The van der Waals surface area contributed by atoms with Gasteiger partial charge in [0.05, 0.1) is 5.56 Å². The van der Waals surface area contributed by atoms with Gasteiger partial charge >= 0.3 is 12.0 Å². The number of ether oxygens (including phenoxy) is 1. The molecule has 7 nitrogen and oxygen atoms in total. The lowest BCUT2D eigenvalue weighted by Crippen LogP contribution is -2.45. The van der Waals surface area contributed by atoms with Crippen molar-refractivity contribution in [1.29, 1.82) is 0 Å². The van der Waals surface area contributed by atoms with Gasteiger partial charge in [-0.25, -0.2) is 9.59 Å². The van der Waals surface area contributed by atoms with E-state index in [-0.39, 0.29) is 17.5 Å². The van der Waals surface area contributed by atoms with E-state index in [0.29, 0.717) is 17.5 Å². The number of hydrogen-bond donors (Lipinski definition) is 3. The molecule has 2 aliphatic carbocycles. The molecule has 7 heteroatoms. The van der Waals surface area contributed by atoms with Crippen LogP contribution in [0.1, 0.15) is 49.9 Å². The smallest absolute Gasteiger partial charge is 0.338 e. The van der Waals surface area contributed by atoms with Gasteiger partial charge in [-0.3, -0.25) is 4.79 Å². The van der Waals surface area contributed by atoms with Gasteiger partial charge in [-0.1, -0.05) is 12.5 Å². The van der Waals surface area contributed by atoms with Crippen LogP contribution in [0.5, 0.6) is 0 Å². The quantitative estimate of drug-likeness (QED) is 0.666. The van der Waals surface area contributed by atoms with Crippen LogP contribution in [0.4, 0.5) is 10.5 Å². The number of benzene rings is 1. The van der Waals surface area contributed by atoms with Crippen molar-refractivity contribution < 1.29 is 19.1 Å². The molecule has 3 amide bonds. The Bertz CT molecular complexity index is 736. The first-order valence-electron chi connectivity index (χ1n) is 9.51. The second-order valence-electron chi connectivity index (χ2n) is 7.75. The largest absolute Gasteiger partial charge is 0.449 e. The number of carbonyl (C=O) groups is 3. The number of anilines is 1. The van der Waals surface area contributed by atoms with Gasteiger partial charge in [0.1, 0.15) is 0 Å². The zero-order chi connectivity index (χ0) is 19.6. The van der Waals surface area contributed by atoms with Gasteiger partial charge in [0.2, 0.25) is 0 Å². The molecule has 1 aromatic rings. The molecule has 0 aromatic heterocycles. The number of urea groups is 1. The molecule has 2 fully saturated rings. The number of esters is 1. The number of carbonyl (C=O) groups excluding carboxylic acids is 3. The minimum Gasteiger partial charge on any atom is -0.449 e. The van der Waals surface area contributed by atoms with Crippen molar-refractivity contribution in [2.45, 2.75) is 51.7 Å². The van der Waals surface area contributed by atoms with Crippen LogP contribution in [0, 0.1) is 17.8 Å². The van der Waals surface area contributed by atoms with E-state index in [2.05, 4.69) is 10.6 Å². The Labute approximate surface area is 159 Å². The Morgan fingerprint density at radius 1 is 1.19 bits per heavy atom. The minimum atomic E-state index is -0.897. The topological polar surface area (TPSA) is 111 Å². The fraction of sp³-hybridized carbons (Fsp3) is 0.550. The third kappa shape index (κ3) is 4.59. The van der Waals surface area contributed by atoms with E-state index in [1.807, 2.05) is 6.92 Å². The lowest BCUT2D eigenvalue weighted by atomic mass is 9.84. The molecule has 27 heavy (non-hydrogen) atoms. The highest BCUT2D eigenvalue weighted by Gasteiger charge is 2.42. The number of primary amides is 1. The molecule has 0 radical (unpaired) electrons. The number of rotatable bonds is 6. The molecule has 0 saturated heterocycles. The maximum atomic E-state index is 12.4. The van der Waals surface area contributed by atoms with Crippen LogP contribution in [0.3, 0.4) is 0 Å². The van der Waals surface area contributed by atoms with Crippen LogP contribution in [-0.4, -0.2) is 30.1 Å². The maximum Gasteiger partial charge on any atom is 0.338 e. The van der Waals surface area contributed by atoms with Gasteiger partial charge in [0.15, 0.2) is 6.10 Å². The number of hydrogen-bond acceptors (Lipinski definition) is 4. The SMILES string of the molecule is C[C@H](OC(=O)c1cccc(NC(N)=O)c1)C(=O)N[C@@H](C)[C@H]1C[C@H]2CC[C@H]1C2. The molecule has 146 valence electrons. The Morgan fingerprint density at radius 2 is 1.96 bits per heavy atom. The highest BCUT2D eigenvalue weighted by molar-refractivity contribution is 5.95. The average Bonchev–Trinajstić information content (AvgIpc) is 3.24. The van der Waals surface area contributed by atoms with E-state index in [9.17, 15) is 14.4 Å². The fourth-order valence-corrected chi connectivity index (χ4v) is 4.50. The zero-order valence-electron chi connectivity index (χ0n) is 15.7. The molecule has 2 bridgehead atoms. The molecule has 5 atom stereocenters. The van der Waals surface area contributed by atoms with Crippen LogP contribution in [0.15, 0.2) is 24.3 Å². The monoisotopic (exact) mass is 373 g/mol. The summed E-state index contributed by atoms with van der Waals surface area (Å²) in [5.41, 5.74) is 5.70. The molecule has 2 aliphatic rings. The lowest BCUT2D eigenvalue weighted by molar-refractivity contribution is -0.130. The molecular weight excluding hydrogens is 346 g/mol. The fourth-order valence-electron chi connectivity index (χ4n) is 4.50. The van der Waals surface area contributed by atoms with Gasteiger partial charge in [-0.15, -0.1) is 0 Å². The predicted octanol–water partition coefficient (Wildman–Crippen LogP) is 2.66. The van der Waals surface area contributed by atoms with Gasteiger partial charge in [-0.2, -0.15) is 0 Å². The summed E-state index contributed by atoms with van der Waals surface area (Å²) >= 11 is 0. The summed E-state index contributed by atoms with van der Waals surface area (Å²) < 4.78 is 5.29. The van der Waals surface area contributed by atoms with Crippen LogP contribution in [0.25, 0.3) is 0 Å². The molecule has 0 unspecified atom stereocenters. The Morgan fingerprint density at radius 3 is 2.59 bits per heavy atom. The number of fused-ring (bicyclic) bond motifs is 2. The van der Waals surface area contributed by atoms with Gasteiger partial charge in [0, 0.05) is 11.7 Å². The van der Waals surface area contributed by atoms with Gasteiger partial charge in [0.25, 0.3) is 5.91 Å². The molecule has 0 spiro atoms. The van der Waals surface area contributed by atoms with Gasteiger partial charge in [-0.05, 0) is 69.1 Å². The third-order valence-electron chi connectivity index (χ3n) is 5.82. The van der Waals surface area contributed by atoms with Crippen LogP contribution in [0.2, 0.25) is 0 Å². The maximum absolute atomic E-state index is 12.4. The standard InChI is InChI=1S/C20H27N3O4/c1-11(17-9-13-6-7-14(17)8-13)22-18(24)12(2)27-19(25)15-4-3-5-16(10-15)23-20(21)26/h3-5,10-14,17H,6-9H2,1-2H3,(H,22,24)(H3,21,23,26)/t11-,12-,13-,14-,17+/m0/s1. The first kappa shape index (κ1) is 19.2. The number of nitrogens with two attached hydrogens (primary N) is 1. The normalized spacial score (nSPS) is 25.5. The van der Waals surface area contributed by atoms with E-state index < -0.39 is 18.1 Å². The van der Waals surface area contributed by atoms with E-state index >= 15 is 0 Å². The summed E-state index contributed by atoms with van der Waals surface area (Å²) in [6.07, 6.45) is 4.15. The first-order chi connectivity index (χ1) is 12.8. The first-order valence-corrected chi connectivity index (χ1v) is 9.51. The Kier molecular flexibility index (Phi) is 5.68. The number of nitrogens with one attached hydrogen (secondary N) is 2. The number of amides is 3. The van der Waals surface area contributed by atoms with Crippen LogP contribution >= 0.6 is 0 Å². The Hall–Kier alpha value is -2.57. The van der Waals surface area contributed by atoms with Crippen LogP contribution in [-0.2, 0) is 9.53 Å². The second kappa shape index (κ2) is 7.98. The van der Waals surface area contributed by atoms with Crippen molar-refractivity contribution in [3.63, 3.8) is 0 Å². The molecule has 3 rings (SSSR count).